The Labute approximate surface area is 358 Å². The fourth-order valence-corrected chi connectivity index (χ4v) is 8.69. The Kier molecular flexibility index (Phi) is 13.6. The van der Waals surface area contributed by atoms with E-state index < -0.39 is 23.3 Å². The summed E-state index contributed by atoms with van der Waals surface area (Å²) in [5, 5.41) is 14.2. The molecule has 1 saturated carbocycles. The highest BCUT2D eigenvalue weighted by atomic mass is 16.6. The number of hydrogen-bond acceptors (Lipinski definition) is 7. The fourth-order valence-electron chi connectivity index (χ4n) is 8.69. The van der Waals surface area contributed by atoms with E-state index in [-0.39, 0.29) is 11.6 Å². The first-order chi connectivity index (χ1) is 28.4. The molecule has 4 aromatic carbocycles. The van der Waals surface area contributed by atoms with E-state index in [0.29, 0.717) is 5.69 Å². The number of para-hydroxylation sites is 2. The average molecular weight is 815 g/mol. The maximum Gasteiger partial charge on any atom is 0.415 e. The topological polar surface area (TPSA) is 89.5 Å². The van der Waals surface area contributed by atoms with Gasteiger partial charge in [0.15, 0.2) is 0 Å². The van der Waals surface area contributed by atoms with Crippen molar-refractivity contribution in [2.75, 3.05) is 31.0 Å². The Morgan fingerprint density at radius 1 is 0.767 bits per heavy atom. The Balaban J connectivity index is 0.000000201. The van der Waals surface area contributed by atoms with Gasteiger partial charge in [-0.15, -0.1) is 0 Å². The maximum absolute atomic E-state index is 13.1. The zero-order valence-corrected chi connectivity index (χ0v) is 37.6. The summed E-state index contributed by atoms with van der Waals surface area (Å²) in [6, 6.07) is 28.5. The van der Waals surface area contributed by atoms with Crippen molar-refractivity contribution in [1.29, 1.82) is 0 Å². The van der Waals surface area contributed by atoms with Gasteiger partial charge in [-0.05, 0) is 140 Å². The standard InChI is InChI=1S/C27H35NO2.C25H31NO4/c1-19(30-18-20-10-6-5-7-11-20)24-17-27(2,3)28-25-15-14-21(16-23(24)25)22-12-8-9-13-26(22)29-4;1-16(27)20-15-25(5,6)26(23(28)30-24(2,3)4)21-13-12-17(14-19(20)21)18-10-8-9-11-22(18)29-7/h8-9,12-17,19-20,28H,5-7,10-11,18H2,1-4H3;8-16,27H,1-7H3. The SMILES string of the molecule is COc1ccccc1-c1ccc2c(c1)C(C(C)O)=CC(C)(C)N2C(=O)OC(C)(C)C.COc1ccccc1-c1ccc2c(c1)C(C(C)OCC1CCCCC1)=CC(C)(C)N2. The summed E-state index contributed by atoms with van der Waals surface area (Å²) in [7, 11) is 3.37. The summed E-state index contributed by atoms with van der Waals surface area (Å²) in [5.74, 6) is 2.38. The van der Waals surface area contributed by atoms with Gasteiger partial charge in [-0.3, -0.25) is 4.90 Å². The number of nitrogens with one attached hydrogen (secondary N) is 1. The second kappa shape index (κ2) is 18.3. The summed E-state index contributed by atoms with van der Waals surface area (Å²) >= 11 is 0. The van der Waals surface area contributed by atoms with Crippen LogP contribution in [-0.4, -0.2) is 60.9 Å². The lowest BCUT2D eigenvalue weighted by Crippen LogP contribution is -2.51. The molecule has 2 N–H and O–H groups in total. The number of anilines is 2. The zero-order valence-electron chi connectivity index (χ0n) is 37.6. The smallest absolute Gasteiger partial charge is 0.415 e. The lowest BCUT2D eigenvalue weighted by atomic mass is 9.85. The van der Waals surface area contributed by atoms with Gasteiger partial charge in [0.1, 0.15) is 17.1 Å². The average Bonchev–Trinajstić information content (AvgIpc) is 3.21. The summed E-state index contributed by atoms with van der Waals surface area (Å²) < 4.78 is 23.3. The van der Waals surface area contributed by atoms with Gasteiger partial charge in [0.05, 0.1) is 49.8 Å². The number of carbonyl (C=O) groups excluding carboxylic acids is 1. The maximum atomic E-state index is 13.1. The largest absolute Gasteiger partial charge is 0.496 e. The molecule has 1 aliphatic carbocycles. The van der Waals surface area contributed by atoms with Crippen LogP contribution in [0.3, 0.4) is 0 Å². The van der Waals surface area contributed by atoms with E-state index in [4.69, 9.17) is 18.9 Å². The molecule has 0 bridgehead atoms. The molecule has 1 fully saturated rings. The van der Waals surface area contributed by atoms with E-state index in [1.807, 2.05) is 95.3 Å². The molecule has 2 aliphatic heterocycles. The van der Waals surface area contributed by atoms with Crippen LogP contribution in [0.2, 0.25) is 0 Å². The number of fused-ring (bicyclic) bond motifs is 2. The lowest BCUT2D eigenvalue weighted by Gasteiger charge is -2.42. The molecular weight excluding hydrogens is 749 g/mol. The number of methoxy groups -OCH3 is 2. The van der Waals surface area contributed by atoms with Gasteiger partial charge in [-0.1, -0.05) is 79.9 Å². The van der Waals surface area contributed by atoms with Gasteiger partial charge in [0.25, 0.3) is 0 Å². The molecule has 0 saturated heterocycles. The first-order valence-corrected chi connectivity index (χ1v) is 21.5. The predicted molar refractivity (Wildman–Crippen MR) is 247 cm³/mol. The van der Waals surface area contributed by atoms with E-state index in [2.05, 4.69) is 62.5 Å². The second-order valence-corrected chi connectivity index (χ2v) is 18.6. The predicted octanol–water partition coefficient (Wildman–Crippen LogP) is 12.6. The van der Waals surface area contributed by atoms with Crippen LogP contribution in [0.15, 0.2) is 97.1 Å². The number of carbonyl (C=O) groups is 1. The number of nitrogens with zero attached hydrogens (tertiary/aromatic N) is 1. The van der Waals surface area contributed by atoms with Gasteiger partial charge in [0.2, 0.25) is 0 Å². The van der Waals surface area contributed by atoms with Gasteiger partial charge in [-0.25, -0.2) is 4.79 Å². The molecule has 8 heteroatoms. The third kappa shape index (κ3) is 10.3. The van der Waals surface area contributed by atoms with Crippen LogP contribution in [0.5, 0.6) is 11.5 Å². The third-order valence-corrected chi connectivity index (χ3v) is 11.5. The van der Waals surface area contributed by atoms with Crippen molar-refractivity contribution in [3.05, 3.63) is 108 Å². The normalized spacial score (nSPS) is 17.9. The molecule has 1 amide bonds. The number of aliphatic hydroxyl groups excluding tert-OH is 1. The van der Waals surface area contributed by atoms with Crippen molar-refractivity contribution in [3.8, 4) is 33.8 Å². The van der Waals surface area contributed by atoms with Crippen molar-refractivity contribution >= 4 is 28.6 Å². The molecule has 0 radical (unpaired) electrons. The van der Waals surface area contributed by atoms with Gasteiger partial charge in [0, 0.05) is 27.9 Å². The summed E-state index contributed by atoms with van der Waals surface area (Å²) in [4.78, 5) is 14.8. The number of benzene rings is 4. The molecule has 0 aromatic heterocycles. The lowest BCUT2D eigenvalue weighted by molar-refractivity contribution is 0.0555. The van der Waals surface area contributed by atoms with Gasteiger partial charge in [-0.2, -0.15) is 0 Å². The fraction of sp³-hybridized carbons (Fsp3) is 0.442. The Morgan fingerprint density at radius 3 is 1.90 bits per heavy atom. The number of aliphatic hydroxyl groups is 1. The summed E-state index contributed by atoms with van der Waals surface area (Å²) in [6.45, 7) is 18.7. The monoisotopic (exact) mass is 814 g/mol. The number of hydrogen-bond donors (Lipinski definition) is 2. The van der Waals surface area contributed by atoms with E-state index >= 15 is 0 Å². The molecule has 8 nitrogen and oxygen atoms in total. The van der Waals surface area contributed by atoms with E-state index in [1.54, 1.807) is 26.0 Å². The van der Waals surface area contributed by atoms with Gasteiger partial charge < -0.3 is 29.4 Å². The van der Waals surface area contributed by atoms with Gasteiger partial charge >= 0.3 is 6.09 Å². The highest BCUT2D eigenvalue weighted by Crippen LogP contribution is 2.44. The van der Waals surface area contributed by atoms with Crippen LogP contribution in [0.25, 0.3) is 33.4 Å². The van der Waals surface area contributed by atoms with Crippen LogP contribution >= 0.6 is 0 Å². The molecular formula is C52H66N2O6. The highest BCUT2D eigenvalue weighted by Gasteiger charge is 2.40. The minimum Gasteiger partial charge on any atom is -0.496 e. The van der Waals surface area contributed by atoms with Crippen LogP contribution < -0.4 is 19.7 Å². The number of ether oxygens (including phenoxy) is 4. The highest BCUT2D eigenvalue weighted by molar-refractivity contribution is 5.99. The summed E-state index contributed by atoms with van der Waals surface area (Å²) in [5.41, 5.74) is 8.78. The molecule has 0 spiro atoms. The Hall–Kier alpha value is -5.05. The minimum absolute atomic E-state index is 0.0694. The second-order valence-electron chi connectivity index (χ2n) is 18.6. The zero-order chi connectivity index (χ0) is 43.4. The number of rotatable bonds is 9. The van der Waals surface area contributed by atoms with Crippen LogP contribution in [0, 0.1) is 5.92 Å². The van der Waals surface area contributed by atoms with Crippen molar-refractivity contribution < 1.29 is 28.8 Å². The Bertz CT molecular complexity index is 2200. The molecule has 3 aliphatic rings. The molecule has 2 heterocycles. The van der Waals surface area contributed by atoms with E-state index in [1.165, 1.54) is 48.9 Å². The third-order valence-electron chi connectivity index (χ3n) is 11.5. The van der Waals surface area contributed by atoms with Crippen LogP contribution in [0.4, 0.5) is 16.2 Å². The first-order valence-electron chi connectivity index (χ1n) is 21.5. The van der Waals surface area contributed by atoms with E-state index in [0.717, 1.165) is 57.4 Å². The van der Waals surface area contributed by atoms with E-state index in [9.17, 15) is 9.90 Å². The summed E-state index contributed by atoms with van der Waals surface area (Å²) in [6.07, 6.45) is 9.97. The number of amides is 1. The van der Waals surface area contributed by atoms with Crippen molar-refractivity contribution in [2.24, 2.45) is 5.92 Å². The van der Waals surface area contributed by atoms with Crippen molar-refractivity contribution in [1.82, 2.24) is 0 Å². The molecule has 60 heavy (non-hydrogen) atoms. The molecule has 2 unspecified atom stereocenters. The van der Waals surface area contributed by atoms with Crippen LogP contribution in [0.1, 0.15) is 106 Å². The van der Waals surface area contributed by atoms with Crippen molar-refractivity contribution in [3.63, 3.8) is 0 Å². The Morgan fingerprint density at radius 2 is 1.33 bits per heavy atom. The molecule has 7 rings (SSSR count). The first kappa shape index (κ1) is 44.5. The van der Waals surface area contributed by atoms with Crippen LogP contribution in [-0.2, 0) is 9.47 Å². The quantitative estimate of drug-likeness (QED) is 0.174. The molecule has 2 atom stereocenters. The van der Waals surface area contributed by atoms with Crippen molar-refractivity contribution in [2.45, 2.75) is 123 Å². The minimum atomic E-state index is -0.684. The molecule has 320 valence electrons. The molecule has 4 aromatic rings.